The van der Waals surface area contributed by atoms with Crippen LogP contribution >= 0.6 is 11.6 Å². The van der Waals surface area contributed by atoms with Gasteiger partial charge in [-0.25, -0.2) is 23.1 Å². The Bertz CT molecular complexity index is 796. The molecule has 0 atom stereocenters. The van der Waals surface area contributed by atoms with Gasteiger partial charge in [0.1, 0.15) is 5.75 Å². The molecule has 0 saturated heterocycles. The van der Waals surface area contributed by atoms with Gasteiger partial charge in [0, 0.05) is 20.3 Å². The van der Waals surface area contributed by atoms with E-state index in [1.54, 1.807) is 17.2 Å². The number of sulfonamides is 1. The largest absolute Gasteiger partial charge is 0.495 e. The lowest BCUT2D eigenvalue weighted by Gasteiger charge is -2.12. The Kier molecular flexibility index (Phi) is 5.40. The van der Waals surface area contributed by atoms with E-state index in [9.17, 15) is 8.42 Å². The van der Waals surface area contributed by atoms with E-state index < -0.39 is 10.0 Å². The molecular weight excluding hydrogens is 340 g/mol. The van der Waals surface area contributed by atoms with Crippen molar-refractivity contribution in [3.8, 4) is 5.75 Å². The lowest BCUT2D eigenvalue weighted by molar-refractivity contribution is 0.414. The van der Waals surface area contributed by atoms with Gasteiger partial charge in [0.05, 0.1) is 29.3 Å². The minimum Gasteiger partial charge on any atom is -0.495 e. The first-order valence-corrected chi connectivity index (χ1v) is 8.52. The van der Waals surface area contributed by atoms with Crippen LogP contribution in [-0.2, 0) is 16.6 Å². The summed E-state index contributed by atoms with van der Waals surface area (Å²) in [4.78, 5) is 10.1. The third-order valence-electron chi connectivity index (χ3n) is 2.98. The molecule has 1 aromatic carbocycles. The molecule has 0 unspecified atom stereocenters. The molecule has 0 amide bonds. The van der Waals surface area contributed by atoms with Crippen molar-refractivity contribution in [3.63, 3.8) is 0 Å². The van der Waals surface area contributed by atoms with Crippen molar-refractivity contribution >= 4 is 27.6 Å². The van der Waals surface area contributed by atoms with E-state index in [-0.39, 0.29) is 16.5 Å². The van der Waals surface area contributed by atoms with Crippen molar-refractivity contribution in [1.82, 2.24) is 14.7 Å². The van der Waals surface area contributed by atoms with Gasteiger partial charge in [0.25, 0.3) is 0 Å². The van der Waals surface area contributed by atoms with Gasteiger partial charge in [-0.15, -0.1) is 0 Å². The van der Waals surface area contributed by atoms with Gasteiger partial charge < -0.3 is 9.64 Å². The van der Waals surface area contributed by atoms with Crippen molar-refractivity contribution in [1.29, 1.82) is 0 Å². The summed E-state index contributed by atoms with van der Waals surface area (Å²) < 4.78 is 32.1. The highest BCUT2D eigenvalue weighted by molar-refractivity contribution is 7.89. The fourth-order valence-electron chi connectivity index (χ4n) is 1.77. The Balaban J connectivity index is 2.16. The summed E-state index contributed by atoms with van der Waals surface area (Å²) in [5, 5.41) is 0.229. The minimum atomic E-state index is -3.70. The Labute approximate surface area is 140 Å². The van der Waals surface area contributed by atoms with Gasteiger partial charge in [-0.1, -0.05) is 11.6 Å². The fourth-order valence-corrected chi connectivity index (χ4v) is 3.11. The summed E-state index contributed by atoms with van der Waals surface area (Å²) in [6.07, 6.45) is 1.58. The Morgan fingerprint density at radius 2 is 2.04 bits per heavy atom. The standard InChI is InChI=1S/C14H17ClN4O3S/c1-19(2)14-16-7-6-10(18-14)9-17-23(20,21)11-4-5-13(22-3)12(15)8-11/h4-8,17H,9H2,1-3H3. The van der Waals surface area contributed by atoms with Crippen LogP contribution in [-0.4, -0.2) is 39.6 Å². The summed E-state index contributed by atoms with van der Waals surface area (Å²) in [6.45, 7) is 0.0509. The zero-order chi connectivity index (χ0) is 17.0. The molecule has 2 aromatic rings. The van der Waals surface area contributed by atoms with Gasteiger partial charge in [-0.05, 0) is 24.3 Å². The number of halogens is 1. The molecular formula is C14H17ClN4O3S. The second-order valence-electron chi connectivity index (χ2n) is 4.86. The molecule has 1 heterocycles. The summed E-state index contributed by atoms with van der Waals surface area (Å²) in [5.41, 5.74) is 0.562. The first-order chi connectivity index (χ1) is 10.8. The molecule has 0 aliphatic rings. The normalized spacial score (nSPS) is 11.3. The van der Waals surface area contributed by atoms with Crippen molar-refractivity contribution in [3.05, 3.63) is 41.2 Å². The molecule has 7 nitrogen and oxygen atoms in total. The van der Waals surface area contributed by atoms with E-state index in [0.29, 0.717) is 17.4 Å². The van der Waals surface area contributed by atoms with Crippen LogP contribution in [0.25, 0.3) is 0 Å². The van der Waals surface area contributed by atoms with E-state index in [1.165, 1.54) is 25.3 Å². The maximum absolute atomic E-state index is 12.3. The third-order valence-corrected chi connectivity index (χ3v) is 4.67. The molecule has 124 valence electrons. The number of benzene rings is 1. The Hall–Kier alpha value is -1.90. The van der Waals surface area contributed by atoms with Crippen molar-refractivity contribution in [2.75, 3.05) is 26.1 Å². The highest BCUT2D eigenvalue weighted by atomic mass is 35.5. The summed E-state index contributed by atoms with van der Waals surface area (Å²) in [7, 11) is 1.38. The number of hydrogen-bond donors (Lipinski definition) is 1. The summed E-state index contributed by atoms with van der Waals surface area (Å²) in [6, 6.07) is 5.93. The summed E-state index contributed by atoms with van der Waals surface area (Å²) >= 11 is 5.97. The molecule has 23 heavy (non-hydrogen) atoms. The number of methoxy groups -OCH3 is 1. The van der Waals surface area contributed by atoms with Gasteiger partial charge in [0.15, 0.2) is 0 Å². The number of rotatable bonds is 6. The van der Waals surface area contributed by atoms with Crippen LogP contribution in [0.3, 0.4) is 0 Å². The second kappa shape index (κ2) is 7.12. The Morgan fingerprint density at radius 3 is 2.65 bits per heavy atom. The predicted octanol–water partition coefficient (Wildman–Crippen LogP) is 1.68. The molecule has 0 radical (unpaired) electrons. The van der Waals surface area contributed by atoms with Crippen molar-refractivity contribution < 1.29 is 13.2 Å². The van der Waals surface area contributed by atoms with E-state index in [1.807, 2.05) is 14.1 Å². The number of nitrogens with zero attached hydrogens (tertiary/aromatic N) is 3. The monoisotopic (exact) mass is 356 g/mol. The molecule has 0 aliphatic carbocycles. The highest BCUT2D eigenvalue weighted by Gasteiger charge is 2.16. The molecule has 0 aliphatic heterocycles. The van der Waals surface area contributed by atoms with Crippen LogP contribution in [0.5, 0.6) is 5.75 Å². The van der Waals surface area contributed by atoms with E-state index in [4.69, 9.17) is 16.3 Å². The topological polar surface area (TPSA) is 84.4 Å². The van der Waals surface area contributed by atoms with Crippen molar-refractivity contribution in [2.24, 2.45) is 0 Å². The number of anilines is 1. The summed E-state index contributed by atoms with van der Waals surface area (Å²) in [5.74, 6) is 0.922. The maximum atomic E-state index is 12.3. The lowest BCUT2D eigenvalue weighted by atomic mass is 10.3. The van der Waals surface area contributed by atoms with Gasteiger partial charge >= 0.3 is 0 Å². The predicted molar refractivity (Wildman–Crippen MR) is 88.4 cm³/mol. The van der Waals surface area contributed by atoms with Crippen molar-refractivity contribution in [2.45, 2.75) is 11.4 Å². The van der Waals surface area contributed by atoms with Gasteiger partial charge in [0.2, 0.25) is 16.0 Å². The van der Waals surface area contributed by atoms with Crippen LogP contribution in [0.2, 0.25) is 5.02 Å². The molecule has 0 fully saturated rings. The molecule has 1 N–H and O–H groups in total. The van der Waals surface area contributed by atoms with Crippen LogP contribution < -0.4 is 14.4 Å². The second-order valence-corrected chi connectivity index (χ2v) is 7.04. The Morgan fingerprint density at radius 1 is 1.30 bits per heavy atom. The first-order valence-electron chi connectivity index (χ1n) is 6.66. The minimum absolute atomic E-state index is 0.0509. The zero-order valence-electron chi connectivity index (χ0n) is 12.9. The van der Waals surface area contributed by atoms with E-state index >= 15 is 0 Å². The van der Waals surface area contributed by atoms with E-state index in [0.717, 1.165) is 0 Å². The molecule has 9 heteroatoms. The van der Waals surface area contributed by atoms with Gasteiger partial charge in [-0.3, -0.25) is 0 Å². The average molecular weight is 357 g/mol. The molecule has 2 rings (SSSR count). The van der Waals surface area contributed by atoms with Crippen LogP contribution in [0.1, 0.15) is 5.69 Å². The molecule has 0 saturated carbocycles. The lowest BCUT2D eigenvalue weighted by Crippen LogP contribution is -2.24. The van der Waals surface area contributed by atoms with Crippen LogP contribution in [0.15, 0.2) is 35.4 Å². The number of hydrogen-bond acceptors (Lipinski definition) is 6. The van der Waals surface area contributed by atoms with Gasteiger partial charge in [-0.2, -0.15) is 0 Å². The number of aromatic nitrogens is 2. The first kappa shape index (κ1) is 17.5. The molecule has 0 bridgehead atoms. The van der Waals surface area contributed by atoms with Crippen LogP contribution in [0, 0.1) is 0 Å². The van der Waals surface area contributed by atoms with E-state index in [2.05, 4.69) is 14.7 Å². The quantitative estimate of drug-likeness (QED) is 0.847. The fraction of sp³-hybridized carbons (Fsp3) is 0.286. The number of ether oxygens (including phenoxy) is 1. The molecule has 0 spiro atoms. The van der Waals surface area contributed by atoms with Crippen LogP contribution in [0.4, 0.5) is 5.95 Å². The average Bonchev–Trinajstić information content (AvgIpc) is 2.53. The highest BCUT2D eigenvalue weighted by Crippen LogP contribution is 2.26. The molecule has 1 aromatic heterocycles. The number of nitrogens with one attached hydrogen (secondary N) is 1. The smallest absolute Gasteiger partial charge is 0.240 e. The maximum Gasteiger partial charge on any atom is 0.240 e. The third kappa shape index (κ3) is 4.31. The zero-order valence-corrected chi connectivity index (χ0v) is 14.5. The SMILES string of the molecule is COc1ccc(S(=O)(=O)NCc2ccnc(N(C)C)n2)cc1Cl.